The van der Waals surface area contributed by atoms with Crippen molar-refractivity contribution in [2.24, 2.45) is 0 Å². The molecule has 8 nitrogen and oxygen atoms in total. The van der Waals surface area contributed by atoms with Crippen LogP contribution in [0.15, 0.2) is 0 Å². The summed E-state index contributed by atoms with van der Waals surface area (Å²) in [6.07, 6.45) is -0.795. The van der Waals surface area contributed by atoms with Gasteiger partial charge in [0.15, 0.2) is 0 Å². The Hall–Kier alpha value is -1.83. The van der Waals surface area contributed by atoms with Crippen molar-refractivity contribution in [3.8, 4) is 0 Å². The first kappa shape index (κ1) is 17.2. The highest BCUT2D eigenvalue weighted by Crippen LogP contribution is 1.96. The molecule has 110 valence electrons. The Morgan fingerprint density at radius 2 is 1.95 bits per heavy atom. The zero-order valence-corrected chi connectivity index (χ0v) is 11.4. The molecule has 0 fully saturated rings. The summed E-state index contributed by atoms with van der Waals surface area (Å²) in [5.74, 6) is -1.26. The molecule has 0 radical (unpaired) electrons. The molecule has 0 aliphatic heterocycles. The number of hydrogen-bond donors (Lipinski definition) is 3. The molecule has 8 heteroatoms. The minimum atomic E-state index is -1.00. The van der Waals surface area contributed by atoms with Crippen LogP contribution in [0.4, 0.5) is 4.79 Å². The largest absolute Gasteiger partial charge is 0.481 e. The van der Waals surface area contributed by atoms with Crippen molar-refractivity contribution in [2.45, 2.75) is 19.4 Å². The lowest BCUT2D eigenvalue weighted by Crippen LogP contribution is -2.45. The third kappa shape index (κ3) is 7.98. The topological polar surface area (TPSA) is 108 Å². The van der Waals surface area contributed by atoms with Gasteiger partial charge in [0.2, 0.25) is 5.91 Å². The molecule has 0 saturated heterocycles. The van der Waals surface area contributed by atoms with E-state index in [1.807, 2.05) is 0 Å². The van der Waals surface area contributed by atoms with Gasteiger partial charge in [-0.1, -0.05) is 0 Å². The number of hydrogen-bond acceptors (Lipinski definition) is 4. The summed E-state index contributed by atoms with van der Waals surface area (Å²) in [6.45, 7) is 2.29. The average Bonchev–Trinajstić information content (AvgIpc) is 2.33. The van der Waals surface area contributed by atoms with Crippen molar-refractivity contribution in [3.05, 3.63) is 0 Å². The molecule has 0 rings (SSSR count). The summed E-state index contributed by atoms with van der Waals surface area (Å²) in [6, 6.07) is -0.460. The minimum absolute atomic E-state index is 0.0593. The number of nitrogens with one attached hydrogen (secondary N) is 2. The fourth-order valence-electron chi connectivity index (χ4n) is 1.31. The monoisotopic (exact) mass is 275 g/mol. The summed E-state index contributed by atoms with van der Waals surface area (Å²) in [7, 11) is 2.85. The molecule has 0 bridgehead atoms. The predicted octanol–water partition coefficient (Wildman–Crippen LogP) is -0.746. The number of urea groups is 1. The number of likely N-dealkylation sites (N-methyl/N-ethyl adjacent to an activating group) is 2. The molecule has 19 heavy (non-hydrogen) atoms. The summed E-state index contributed by atoms with van der Waals surface area (Å²) < 4.78 is 4.92. The normalized spacial score (nSPS) is 11.5. The Kier molecular flexibility index (Phi) is 8.27. The van der Waals surface area contributed by atoms with Crippen LogP contribution in [0.1, 0.15) is 13.3 Å². The van der Waals surface area contributed by atoms with Crippen LogP contribution in [-0.2, 0) is 14.3 Å². The van der Waals surface area contributed by atoms with Crippen LogP contribution in [0.2, 0.25) is 0 Å². The first-order chi connectivity index (χ1) is 8.90. The van der Waals surface area contributed by atoms with E-state index in [4.69, 9.17) is 9.84 Å². The van der Waals surface area contributed by atoms with Gasteiger partial charge in [-0.15, -0.1) is 0 Å². The SMILES string of the molecule is CCNC(=O)CN(C)C(=O)NCC(CC(=O)O)OC. The van der Waals surface area contributed by atoms with Crippen LogP contribution in [0.5, 0.6) is 0 Å². The maximum atomic E-state index is 11.6. The number of carbonyl (C=O) groups excluding carboxylic acids is 2. The number of aliphatic carboxylic acids is 1. The number of methoxy groups -OCH3 is 1. The van der Waals surface area contributed by atoms with E-state index in [1.54, 1.807) is 6.92 Å². The summed E-state index contributed by atoms with van der Waals surface area (Å²) in [5.41, 5.74) is 0. The van der Waals surface area contributed by atoms with Gasteiger partial charge in [0, 0.05) is 27.2 Å². The van der Waals surface area contributed by atoms with Crippen LogP contribution < -0.4 is 10.6 Å². The van der Waals surface area contributed by atoms with Crippen LogP contribution in [0, 0.1) is 0 Å². The molecule has 0 aliphatic rings. The first-order valence-corrected chi connectivity index (χ1v) is 5.90. The second-order valence-electron chi connectivity index (χ2n) is 3.95. The Morgan fingerprint density at radius 1 is 1.32 bits per heavy atom. The van der Waals surface area contributed by atoms with Crippen molar-refractivity contribution in [2.75, 3.05) is 33.8 Å². The van der Waals surface area contributed by atoms with E-state index in [0.717, 1.165) is 0 Å². The van der Waals surface area contributed by atoms with Crippen molar-refractivity contribution >= 4 is 17.9 Å². The molecule has 0 aromatic heterocycles. The fraction of sp³-hybridized carbons (Fsp3) is 0.727. The molecule has 0 aliphatic carbocycles. The van der Waals surface area contributed by atoms with Crippen LogP contribution >= 0.6 is 0 Å². The smallest absolute Gasteiger partial charge is 0.317 e. The fourth-order valence-corrected chi connectivity index (χ4v) is 1.31. The highest BCUT2D eigenvalue weighted by atomic mass is 16.5. The van der Waals surface area contributed by atoms with Crippen molar-refractivity contribution in [3.63, 3.8) is 0 Å². The van der Waals surface area contributed by atoms with E-state index < -0.39 is 18.1 Å². The summed E-state index contributed by atoms with van der Waals surface area (Å²) >= 11 is 0. The molecule has 0 spiro atoms. The lowest BCUT2D eigenvalue weighted by molar-refractivity contribution is -0.139. The molecular weight excluding hydrogens is 254 g/mol. The van der Waals surface area contributed by atoms with Crippen molar-refractivity contribution in [1.82, 2.24) is 15.5 Å². The lowest BCUT2D eigenvalue weighted by atomic mass is 10.2. The number of amides is 3. The Bertz CT molecular complexity index is 321. The molecular formula is C11H21N3O5. The zero-order chi connectivity index (χ0) is 14.8. The van der Waals surface area contributed by atoms with Crippen LogP contribution in [-0.4, -0.2) is 67.8 Å². The van der Waals surface area contributed by atoms with Gasteiger partial charge >= 0.3 is 12.0 Å². The molecule has 0 heterocycles. The van der Waals surface area contributed by atoms with Gasteiger partial charge in [-0.25, -0.2) is 4.79 Å². The highest BCUT2D eigenvalue weighted by Gasteiger charge is 2.16. The van der Waals surface area contributed by atoms with Gasteiger partial charge in [0.25, 0.3) is 0 Å². The second kappa shape index (κ2) is 9.15. The minimum Gasteiger partial charge on any atom is -0.481 e. The lowest BCUT2D eigenvalue weighted by Gasteiger charge is -2.19. The Morgan fingerprint density at radius 3 is 2.42 bits per heavy atom. The first-order valence-electron chi connectivity index (χ1n) is 5.90. The van der Waals surface area contributed by atoms with E-state index >= 15 is 0 Å². The number of carboxylic acid groups (broad SMARTS) is 1. The third-order valence-electron chi connectivity index (χ3n) is 2.32. The van der Waals surface area contributed by atoms with E-state index in [1.165, 1.54) is 19.1 Å². The molecule has 1 unspecified atom stereocenters. The highest BCUT2D eigenvalue weighted by molar-refractivity contribution is 5.83. The summed E-state index contributed by atoms with van der Waals surface area (Å²) in [4.78, 5) is 34.6. The van der Waals surface area contributed by atoms with Crippen LogP contribution in [0.3, 0.4) is 0 Å². The van der Waals surface area contributed by atoms with Gasteiger partial charge in [-0.2, -0.15) is 0 Å². The van der Waals surface area contributed by atoms with Gasteiger partial charge in [0.05, 0.1) is 12.5 Å². The van der Waals surface area contributed by atoms with Crippen molar-refractivity contribution < 1.29 is 24.2 Å². The molecule has 3 amide bonds. The number of nitrogens with zero attached hydrogens (tertiary/aromatic N) is 1. The van der Waals surface area contributed by atoms with Crippen LogP contribution in [0.25, 0.3) is 0 Å². The maximum Gasteiger partial charge on any atom is 0.317 e. The third-order valence-corrected chi connectivity index (χ3v) is 2.32. The molecule has 1 atom stereocenters. The van der Waals surface area contributed by atoms with Gasteiger partial charge in [-0.3, -0.25) is 9.59 Å². The average molecular weight is 275 g/mol. The standard InChI is InChI=1S/C11H21N3O5/c1-4-12-9(15)7-14(2)11(18)13-6-8(19-3)5-10(16)17/h8H,4-7H2,1-3H3,(H,12,15)(H,13,18)(H,16,17). The second-order valence-corrected chi connectivity index (χ2v) is 3.95. The maximum absolute atomic E-state index is 11.6. The van der Waals surface area contributed by atoms with Gasteiger partial charge < -0.3 is 25.4 Å². The van der Waals surface area contributed by atoms with E-state index in [0.29, 0.717) is 6.54 Å². The summed E-state index contributed by atoms with van der Waals surface area (Å²) in [5, 5.41) is 13.7. The van der Waals surface area contributed by atoms with E-state index in [2.05, 4.69) is 10.6 Å². The number of carboxylic acids is 1. The quantitative estimate of drug-likeness (QED) is 0.540. The number of ether oxygens (including phenoxy) is 1. The predicted molar refractivity (Wildman–Crippen MR) is 67.8 cm³/mol. The Labute approximate surface area is 112 Å². The van der Waals surface area contributed by atoms with Gasteiger partial charge in [-0.05, 0) is 6.92 Å². The molecule has 0 aromatic carbocycles. The molecule has 3 N–H and O–H groups in total. The number of carbonyl (C=O) groups is 3. The number of rotatable bonds is 8. The Balaban J connectivity index is 4.07. The van der Waals surface area contributed by atoms with Gasteiger partial charge in [0.1, 0.15) is 6.54 Å². The zero-order valence-electron chi connectivity index (χ0n) is 11.4. The van der Waals surface area contributed by atoms with Crippen molar-refractivity contribution in [1.29, 1.82) is 0 Å². The molecule has 0 saturated carbocycles. The molecule has 0 aromatic rings. The van der Waals surface area contributed by atoms with E-state index in [9.17, 15) is 14.4 Å². The van der Waals surface area contributed by atoms with E-state index in [-0.39, 0.29) is 25.4 Å².